The van der Waals surface area contributed by atoms with E-state index < -0.39 is 0 Å². The first-order valence-electron chi connectivity index (χ1n) is 8.38. The van der Waals surface area contributed by atoms with Gasteiger partial charge in [-0.25, -0.2) is 0 Å². The summed E-state index contributed by atoms with van der Waals surface area (Å²) in [6.45, 7) is 5.24. The van der Waals surface area contributed by atoms with Crippen LogP contribution in [-0.4, -0.2) is 26.2 Å². The van der Waals surface area contributed by atoms with Gasteiger partial charge in [-0.1, -0.05) is 23.7 Å². The minimum absolute atomic E-state index is 0.000688. The highest BCUT2D eigenvalue weighted by Gasteiger charge is 2.19. The summed E-state index contributed by atoms with van der Waals surface area (Å²) in [5, 5.41) is 0.483. The van der Waals surface area contributed by atoms with Gasteiger partial charge in [0.25, 0.3) is 0 Å². The molecule has 3 rings (SSSR count). The summed E-state index contributed by atoms with van der Waals surface area (Å²) in [5.74, 6) is 1.18. The van der Waals surface area contributed by atoms with Crippen molar-refractivity contribution in [2.45, 2.75) is 26.7 Å². The van der Waals surface area contributed by atoms with Gasteiger partial charge >= 0.3 is 0 Å². The summed E-state index contributed by atoms with van der Waals surface area (Å²) in [5.41, 5.74) is 4.01. The number of carbonyl (C=O) groups excluding carboxylic acids is 1. The zero-order valence-electron chi connectivity index (χ0n) is 14.8. The molecule has 0 saturated heterocycles. The second kappa shape index (κ2) is 7.36. The molecule has 1 aliphatic heterocycles. The van der Waals surface area contributed by atoms with E-state index in [2.05, 4.69) is 0 Å². The monoisotopic (exact) mass is 359 g/mol. The largest absolute Gasteiger partial charge is 0.489 e. The topological polar surface area (TPSA) is 38.8 Å². The summed E-state index contributed by atoms with van der Waals surface area (Å²) in [7, 11) is 1.80. The second-order valence-electron chi connectivity index (χ2n) is 6.30. The van der Waals surface area contributed by atoms with Gasteiger partial charge in [-0.3, -0.25) is 4.79 Å². The van der Waals surface area contributed by atoms with E-state index in [1.165, 1.54) is 0 Å². The van der Waals surface area contributed by atoms with Gasteiger partial charge in [0.1, 0.15) is 0 Å². The van der Waals surface area contributed by atoms with Crippen LogP contribution >= 0.6 is 11.6 Å². The summed E-state index contributed by atoms with van der Waals surface area (Å²) in [6.07, 6.45) is 1.06. The smallest absolute Gasteiger partial charge is 0.231 e. The Labute approximate surface area is 153 Å². The van der Waals surface area contributed by atoms with E-state index in [4.69, 9.17) is 21.1 Å². The van der Waals surface area contributed by atoms with Crippen molar-refractivity contribution in [1.82, 2.24) is 0 Å². The van der Waals surface area contributed by atoms with Crippen LogP contribution in [0.15, 0.2) is 30.3 Å². The minimum Gasteiger partial charge on any atom is -0.489 e. The maximum atomic E-state index is 12.7. The molecule has 0 bridgehead atoms. The minimum atomic E-state index is -0.000688. The number of rotatable bonds is 3. The molecule has 1 heterocycles. The highest BCUT2D eigenvalue weighted by Crippen LogP contribution is 2.38. The molecule has 0 atom stereocenters. The van der Waals surface area contributed by atoms with Crippen LogP contribution < -0.4 is 14.4 Å². The molecule has 0 N–H and O–H groups in total. The Morgan fingerprint density at radius 2 is 1.96 bits per heavy atom. The van der Waals surface area contributed by atoms with Crippen molar-refractivity contribution >= 4 is 23.2 Å². The van der Waals surface area contributed by atoms with Crippen molar-refractivity contribution in [3.63, 3.8) is 0 Å². The average Bonchev–Trinajstić information content (AvgIpc) is 2.82. The van der Waals surface area contributed by atoms with E-state index in [0.717, 1.165) is 28.8 Å². The van der Waals surface area contributed by atoms with Crippen molar-refractivity contribution < 1.29 is 14.3 Å². The predicted molar refractivity (Wildman–Crippen MR) is 100 cm³/mol. The van der Waals surface area contributed by atoms with Crippen LogP contribution in [0.25, 0.3) is 0 Å². The van der Waals surface area contributed by atoms with Crippen molar-refractivity contribution in [1.29, 1.82) is 0 Å². The molecule has 0 aliphatic carbocycles. The number of hydrogen-bond acceptors (Lipinski definition) is 3. The van der Waals surface area contributed by atoms with Crippen molar-refractivity contribution in [2.75, 3.05) is 25.2 Å². The molecule has 0 saturated carbocycles. The van der Waals surface area contributed by atoms with Crippen LogP contribution in [0.1, 0.15) is 23.1 Å². The SMILES string of the molecule is Cc1cccc(N(C)C(=O)Cc2cc(Cl)c3c(c2)OCCCO3)c1C. The highest BCUT2D eigenvalue weighted by atomic mass is 35.5. The Hall–Kier alpha value is -2.20. The number of benzene rings is 2. The van der Waals surface area contributed by atoms with Gasteiger partial charge in [-0.15, -0.1) is 0 Å². The molecule has 0 unspecified atom stereocenters. The summed E-state index contributed by atoms with van der Waals surface area (Å²) >= 11 is 6.32. The quantitative estimate of drug-likeness (QED) is 0.819. The van der Waals surface area contributed by atoms with Gasteiger partial charge in [0, 0.05) is 19.2 Å². The van der Waals surface area contributed by atoms with Gasteiger partial charge in [0.05, 0.1) is 24.7 Å². The number of carbonyl (C=O) groups is 1. The number of aryl methyl sites for hydroxylation is 1. The number of fused-ring (bicyclic) bond motifs is 1. The third-order valence-corrected chi connectivity index (χ3v) is 4.81. The van der Waals surface area contributed by atoms with Crippen molar-refractivity contribution in [2.24, 2.45) is 0 Å². The van der Waals surface area contributed by atoms with Crippen LogP contribution in [0.4, 0.5) is 5.69 Å². The van der Waals surface area contributed by atoms with Crippen LogP contribution in [0.2, 0.25) is 5.02 Å². The molecule has 0 spiro atoms. The van der Waals surface area contributed by atoms with Crippen LogP contribution in [-0.2, 0) is 11.2 Å². The number of amides is 1. The third kappa shape index (κ3) is 3.74. The molecule has 25 heavy (non-hydrogen) atoms. The van der Waals surface area contributed by atoms with E-state index in [0.29, 0.717) is 29.7 Å². The van der Waals surface area contributed by atoms with Gasteiger partial charge in [-0.05, 0) is 48.7 Å². The molecule has 0 aromatic heterocycles. The lowest BCUT2D eigenvalue weighted by Crippen LogP contribution is -2.28. The molecule has 132 valence electrons. The first-order valence-corrected chi connectivity index (χ1v) is 8.76. The highest BCUT2D eigenvalue weighted by molar-refractivity contribution is 6.32. The predicted octanol–water partition coefficient (Wildman–Crippen LogP) is 4.32. The number of likely N-dealkylation sites (N-methyl/N-ethyl adjacent to an activating group) is 1. The van der Waals surface area contributed by atoms with Gasteiger partial charge in [0.15, 0.2) is 11.5 Å². The van der Waals surface area contributed by atoms with E-state index in [1.807, 2.05) is 38.1 Å². The number of ether oxygens (including phenoxy) is 2. The lowest BCUT2D eigenvalue weighted by atomic mass is 10.1. The van der Waals surface area contributed by atoms with E-state index >= 15 is 0 Å². The zero-order valence-corrected chi connectivity index (χ0v) is 15.5. The fraction of sp³-hybridized carbons (Fsp3) is 0.350. The number of hydrogen-bond donors (Lipinski definition) is 0. The lowest BCUT2D eigenvalue weighted by Gasteiger charge is -2.21. The normalized spacial score (nSPS) is 13.3. The lowest BCUT2D eigenvalue weighted by molar-refractivity contribution is -0.117. The number of halogens is 1. The molecule has 0 radical (unpaired) electrons. The zero-order chi connectivity index (χ0) is 18.0. The maximum Gasteiger partial charge on any atom is 0.231 e. The fourth-order valence-electron chi connectivity index (χ4n) is 2.91. The molecule has 4 nitrogen and oxygen atoms in total. The molecule has 5 heteroatoms. The number of anilines is 1. The molecule has 1 amide bonds. The van der Waals surface area contributed by atoms with E-state index in [9.17, 15) is 4.79 Å². The molecular formula is C20H22ClNO3. The van der Waals surface area contributed by atoms with E-state index in [-0.39, 0.29) is 12.3 Å². The Morgan fingerprint density at radius 3 is 2.76 bits per heavy atom. The summed E-state index contributed by atoms with van der Waals surface area (Å²) < 4.78 is 11.3. The number of nitrogens with zero attached hydrogens (tertiary/aromatic N) is 1. The van der Waals surface area contributed by atoms with Gasteiger partial charge in [-0.2, -0.15) is 0 Å². The fourth-order valence-corrected chi connectivity index (χ4v) is 3.20. The van der Waals surface area contributed by atoms with Crippen LogP contribution in [0.3, 0.4) is 0 Å². The Morgan fingerprint density at radius 1 is 1.20 bits per heavy atom. The Kier molecular flexibility index (Phi) is 5.19. The molecule has 2 aromatic rings. The molecular weight excluding hydrogens is 338 g/mol. The van der Waals surface area contributed by atoms with Crippen LogP contribution in [0, 0.1) is 13.8 Å². The maximum absolute atomic E-state index is 12.7. The van der Waals surface area contributed by atoms with E-state index in [1.54, 1.807) is 18.0 Å². The second-order valence-corrected chi connectivity index (χ2v) is 6.71. The summed E-state index contributed by atoms with van der Waals surface area (Å²) in [6, 6.07) is 9.60. The first-order chi connectivity index (χ1) is 12.0. The molecule has 1 aliphatic rings. The Balaban J connectivity index is 1.82. The van der Waals surface area contributed by atoms with Gasteiger partial charge < -0.3 is 14.4 Å². The average molecular weight is 360 g/mol. The molecule has 2 aromatic carbocycles. The third-order valence-electron chi connectivity index (χ3n) is 4.53. The molecule has 0 fully saturated rings. The van der Waals surface area contributed by atoms with Crippen molar-refractivity contribution in [3.8, 4) is 11.5 Å². The standard InChI is InChI=1S/C20H22ClNO3/c1-13-6-4-7-17(14(13)2)22(3)19(23)12-15-10-16(21)20-18(11-15)24-8-5-9-25-20/h4,6-7,10-11H,5,8-9,12H2,1-3H3. The Bertz CT molecular complexity index is 804. The van der Waals surface area contributed by atoms with Gasteiger partial charge in [0.2, 0.25) is 5.91 Å². The van der Waals surface area contributed by atoms with Crippen molar-refractivity contribution in [3.05, 3.63) is 52.0 Å². The first kappa shape index (κ1) is 17.6. The van der Waals surface area contributed by atoms with Crippen LogP contribution in [0.5, 0.6) is 11.5 Å². The summed E-state index contributed by atoms with van der Waals surface area (Å²) in [4.78, 5) is 14.4.